The maximum absolute atomic E-state index is 10.9. The number of aromatic amines is 1. The van der Waals surface area contributed by atoms with E-state index in [0.717, 1.165) is 0 Å². The fourth-order valence-electron chi connectivity index (χ4n) is 1.66. The minimum absolute atomic E-state index is 0.0214. The second-order valence-electron chi connectivity index (χ2n) is 3.63. The van der Waals surface area contributed by atoms with Crippen molar-refractivity contribution in [3.05, 3.63) is 57.4 Å². The largest absolute Gasteiger partial charge is 0.478 e. The van der Waals surface area contributed by atoms with Crippen LogP contribution in [-0.2, 0) is 6.42 Å². The van der Waals surface area contributed by atoms with E-state index in [0.29, 0.717) is 11.3 Å². The molecule has 1 heterocycles. The molecule has 7 heteroatoms. The lowest BCUT2D eigenvalue weighted by Crippen LogP contribution is -2.02. The lowest BCUT2D eigenvalue weighted by Gasteiger charge is -2.02. The molecule has 1 aromatic carbocycles. The van der Waals surface area contributed by atoms with Crippen molar-refractivity contribution in [2.24, 2.45) is 0 Å². The fourth-order valence-corrected chi connectivity index (χ4v) is 1.66. The van der Waals surface area contributed by atoms with Crippen LogP contribution in [0, 0.1) is 10.1 Å². The van der Waals surface area contributed by atoms with E-state index in [1.807, 2.05) is 0 Å². The average molecular weight is 247 g/mol. The first-order valence-corrected chi connectivity index (χ1v) is 5.07. The number of aromatic carboxylic acids is 1. The molecule has 0 bridgehead atoms. The van der Waals surface area contributed by atoms with Crippen molar-refractivity contribution in [1.29, 1.82) is 0 Å². The van der Waals surface area contributed by atoms with Gasteiger partial charge in [0.1, 0.15) is 5.56 Å². The van der Waals surface area contributed by atoms with E-state index in [1.165, 1.54) is 12.3 Å². The summed E-state index contributed by atoms with van der Waals surface area (Å²) in [5.74, 6) is -1.11. The molecule has 0 aliphatic rings. The van der Waals surface area contributed by atoms with E-state index in [1.54, 1.807) is 18.2 Å². The van der Waals surface area contributed by atoms with Gasteiger partial charge in [0.25, 0.3) is 5.69 Å². The van der Waals surface area contributed by atoms with Crippen molar-refractivity contribution >= 4 is 11.7 Å². The van der Waals surface area contributed by atoms with Gasteiger partial charge in [-0.25, -0.2) is 4.79 Å². The number of hydrogen-bond acceptors (Lipinski definition) is 4. The summed E-state index contributed by atoms with van der Waals surface area (Å²) in [6.45, 7) is 0. The number of benzene rings is 1. The zero-order valence-corrected chi connectivity index (χ0v) is 9.16. The molecule has 2 aromatic rings. The molecule has 0 aliphatic heterocycles. The molecule has 7 nitrogen and oxygen atoms in total. The molecule has 0 saturated carbocycles. The van der Waals surface area contributed by atoms with Crippen molar-refractivity contribution < 1.29 is 14.8 Å². The molecule has 92 valence electrons. The number of aromatic nitrogens is 2. The molecule has 2 N–H and O–H groups in total. The molecule has 18 heavy (non-hydrogen) atoms. The number of nitrogens with one attached hydrogen (secondary N) is 1. The Bertz CT molecular complexity index is 606. The van der Waals surface area contributed by atoms with E-state index >= 15 is 0 Å². The highest BCUT2D eigenvalue weighted by molar-refractivity contribution is 5.88. The van der Waals surface area contributed by atoms with Crippen LogP contribution >= 0.6 is 0 Å². The predicted octanol–water partition coefficient (Wildman–Crippen LogP) is 1.61. The smallest absolute Gasteiger partial charge is 0.339 e. The van der Waals surface area contributed by atoms with Gasteiger partial charge in [-0.05, 0) is 0 Å². The van der Waals surface area contributed by atoms with Crippen LogP contribution < -0.4 is 0 Å². The molecule has 0 saturated heterocycles. The average Bonchev–Trinajstić information content (AvgIpc) is 2.77. The summed E-state index contributed by atoms with van der Waals surface area (Å²) in [6.07, 6.45) is 1.31. The molecule has 0 unspecified atom stereocenters. The molecule has 0 atom stereocenters. The fraction of sp³-hybridized carbons (Fsp3) is 0.0909. The van der Waals surface area contributed by atoms with E-state index < -0.39 is 10.9 Å². The number of hydrogen-bond donors (Lipinski definition) is 2. The number of para-hydroxylation sites is 1. The number of carbonyl (C=O) groups is 1. The van der Waals surface area contributed by atoms with Crippen molar-refractivity contribution in [2.75, 3.05) is 0 Å². The number of rotatable bonds is 4. The second kappa shape index (κ2) is 4.66. The molecule has 0 fully saturated rings. The summed E-state index contributed by atoms with van der Waals surface area (Å²) in [7, 11) is 0. The van der Waals surface area contributed by atoms with Crippen LogP contribution in [0.4, 0.5) is 5.69 Å². The van der Waals surface area contributed by atoms with Crippen molar-refractivity contribution in [3.8, 4) is 0 Å². The van der Waals surface area contributed by atoms with Gasteiger partial charge >= 0.3 is 5.97 Å². The van der Waals surface area contributed by atoms with E-state index in [9.17, 15) is 14.9 Å². The Balaban J connectivity index is 2.37. The van der Waals surface area contributed by atoms with Gasteiger partial charge in [-0.1, -0.05) is 18.2 Å². The van der Waals surface area contributed by atoms with Crippen molar-refractivity contribution in [3.63, 3.8) is 0 Å². The summed E-state index contributed by atoms with van der Waals surface area (Å²) in [6, 6.07) is 6.20. The first-order chi connectivity index (χ1) is 8.59. The molecular formula is C11H9N3O4. The third-order valence-corrected chi connectivity index (χ3v) is 2.50. The van der Waals surface area contributed by atoms with Crippen LogP contribution in [0.3, 0.4) is 0 Å². The Kier molecular flexibility index (Phi) is 3.05. The monoisotopic (exact) mass is 247 g/mol. The first kappa shape index (κ1) is 11.8. The van der Waals surface area contributed by atoms with Gasteiger partial charge in [-0.15, -0.1) is 0 Å². The number of nitro benzene ring substituents is 1. The normalized spacial score (nSPS) is 10.2. The number of carboxylic acids is 1. The molecular weight excluding hydrogens is 238 g/mol. The third kappa shape index (κ3) is 2.19. The topological polar surface area (TPSA) is 109 Å². The minimum atomic E-state index is -1.11. The molecule has 0 radical (unpaired) electrons. The SMILES string of the molecule is O=C(O)c1cn[nH]c1Cc1ccccc1[N+](=O)[O-]. The Morgan fingerprint density at radius 3 is 2.83 bits per heavy atom. The van der Waals surface area contributed by atoms with Crippen molar-refractivity contribution in [1.82, 2.24) is 10.2 Å². The van der Waals surface area contributed by atoms with Gasteiger partial charge in [0.05, 0.1) is 16.8 Å². The molecule has 0 spiro atoms. The number of carboxylic acid groups (broad SMARTS) is 1. The van der Waals surface area contributed by atoms with Crippen LogP contribution in [0.5, 0.6) is 0 Å². The number of H-pyrrole nitrogens is 1. The second-order valence-corrected chi connectivity index (χ2v) is 3.63. The Labute approximate surface area is 101 Å². The Morgan fingerprint density at radius 2 is 2.17 bits per heavy atom. The molecule has 1 aromatic heterocycles. The van der Waals surface area contributed by atoms with Gasteiger partial charge in [-0.3, -0.25) is 15.2 Å². The zero-order chi connectivity index (χ0) is 13.1. The van der Waals surface area contributed by atoms with Gasteiger partial charge in [0, 0.05) is 18.1 Å². The molecule has 0 aliphatic carbocycles. The van der Waals surface area contributed by atoms with Crippen LogP contribution in [0.2, 0.25) is 0 Å². The lowest BCUT2D eigenvalue weighted by atomic mass is 10.1. The summed E-state index contributed by atoms with van der Waals surface area (Å²) >= 11 is 0. The van der Waals surface area contributed by atoms with Crippen molar-refractivity contribution in [2.45, 2.75) is 6.42 Å². The van der Waals surface area contributed by atoms with Crippen LogP contribution in [0.1, 0.15) is 21.6 Å². The summed E-state index contributed by atoms with van der Waals surface area (Å²) in [4.78, 5) is 21.2. The highest BCUT2D eigenvalue weighted by Gasteiger charge is 2.17. The van der Waals surface area contributed by atoms with E-state index in [4.69, 9.17) is 5.11 Å². The van der Waals surface area contributed by atoms with Gasteiger partial charge < -0.3 is 5.11 Å². The maximum Gasteiger partial charge on any atom is 0.339 e. The highest BCUT2D eigenvalue weighted by Crippen LogP contribution is 2.21. The Morgan fingerprint density at radius 1 is 1.44 bits per heavy atom. The number of nitro groups is 1. The summed E-state index contributed by atoms with van der Waals surface area (Å²) < 4.78 is 0. The van der Waals surface area contributed by atoms with Gasteiger partial charge in [0.15, 0.2) is 0 Å². The first-order valence-electron chi connectivity index (χ1n) is 5.07. The zero-order valence-electron chi connectivity index (χ0n) is 9.16. The Hall–Kier alpha value is -2.70. The van der Waals surface area contributed by atoms with Crippen LogP contribution in [0.15, 0.2) is 30.5 Å². The highest BCUT2D eigenvalue weighted by atomic mass is 16.6. The number of nitrogens with zero attached hydrogens (tertiary/aromatic N) is 2. The molecule has 0 amide bonds. The summed E-state index contributed by atoms with van der Waals surface area (Å²) in [5.41, 5.74) is 0.766. The van der Waals surface area contributed by atoms with E-state index in [-0.39, 0.29) is 17.7 Å². The van der Waals surface area contributed by atoms with Gasteiger partial charge in [0.2, 0.25) is 0 Å². The van der Waals surface area contributed by atoms with E-state index in [2.05, 4.69) is 10.2 Å². The third-order valence-electron chi connectivity index (χ3n) is 2.50. The van der Waals surface area contributed by atoms with Gasteiger partial charge in [-0.2, -0.15) is 5.10 Å². The predicted molar refractivity (Wildman–Crippen MR) is 61.4 cm³/mol. The maximum atomic E-state index is 10.9. The quantitative estimate of drug-likeness (QED) is 0.630. The standard InChI is InChI=1S/C11H9N3O4/c15-11(16)8-6-12-13-9(8)5-7-3-1-2-4-10(7)14(17)18/h1-4,6H,5H2,(H,12,13)(H,15,16). The molecule has 2 rings (SSSR count). The van der Waals surface area contributed by atoms with Crippen LogP contribution in [-0.4, -0.2) is 26.2 Å². The lowest BCUT2D eigenvalue weighted by molar-refractivity contribution is -0.385. The minimum Gasteiger partial charge on any atom is -0.478 e. The summed E-state index contributed by atoms with van der Waals surface area (Å²) in [5, 5.41) is 25.9. The van der Waals surface area contributed by atoms with Crippen LogP contribution in [0.25, 0.3) is 0 Å².